The molecule has 2 aromatic carbocycles. The Morgan fingerprint density at radius 3 is 2.76 bits per heavy atom. The van der Waals surface area contributed by atoms with Crippen LogP contribution in [0.2, 0.25) is 0 Å². The lowest BCUT2D eigenvalue weighted by Crippen LogP contribution is -2.23. The highest BCUT2D eigenvalue weighted by atomic mass is 16.7. The van der Waals surface area contributed by atoms with Crippen molar-refractivity contribution < 1.29 is 9.47 Å². The molecule has 21 heavy (non-hydrogen) atoms. The zero-order valence-corrected chi connectivity index (χ0v) is 11.6. The number of hydrogen-bond acceptors (Lipinski definition) is 3. The van der Waals surface area contributed by atoms with E-state index in [0.29, 0.717) is 19.3 Å². The second-order valence-corrected chi connectivity index (χ2v) is 4.70. The fourth-order valence-corrected chi connectivity index (χ4v) is 2.11. The summed E-state index contributed by atoms with van der Waals surface area (Å²) in [6, 6.07) is 15.7. The van der Waals surface area contributed by atoms with Crippen LogP contribution in [0, 0.1) is 0 Å². The molecular weight excluding hydrogens is 266 g/mol. The number of aliphatic imine (C=N–C) groups is 1. The van der Waals surface area contributed by atoms with Crippen LogP contribution in [-0.2, 0) is 6.42 Å². The third-order valence-corrected chi connectivity index (χ3v) is 3.17. The molecule has 0 saturated heterocycles. The normalized spacial score (nSPS) is 13.2. The van der Waals surface area contributed by atoms with Gasteiger partial charge in [-0.05, 0) is 36.2 Å². The molecule has 5 nitrogen and oxygen atoms in total. The van der Waals surface area contributed by atoms with Gasteiger partial charge < -0.3 is 20.5 Å². The van der Waals surface area contributed by atoms with E-state index in [1.165, 1.54) is 0 Å². The molecule has 0 aromatic heterocycles. The van der Waals surface area contributed by atoms with Crippen LogP contribution in [0.1, 0.15) is 5.56 Å². The Morgan fingerprint density at radius 2 is 1.90 bits per heavy atom. The zero-order chi connectivity index (χ0) is 14.5. The number of hydrogen-bond donors (Lipinski definition) is 2. The van der Waals surface area contributed by atoms with Crippen LogP contribution in [-0.4, -0.2) is 19.3 Å². The molecule has 1 aliphatic rings. The largest absolute Gasteiger partial charge is 0.454 e. The first-order chi connectivity index (χ1) is 10.3. The van der Waals surface area contributed by atoms with Gasteiger partial charge >= 0.3 is 0 Å². The van der Waals surface area contributed by atoms with E-state index in [0.717, 1.165) is 29.2 Å². The molecule has 5 heteroatoms. The van der Waals surface area contributed by atoms with E-state index in [-0.39, 0.29) is 0 Å². The summed E-state index contributed by atoms with van der Waals surface area (Å²) in [4.78, 5) is 4.32. The molecule has 3 N–H and O–H groups in total. The van der Waals surface area contributed by atoms with Crippen molar-refractivity contribution in [3.8, 4) is 11.5 Å². The molecule has 1 aliphatic heterocycles. The quantitative estimate of drug-likeness (QED) is 0.667. The van der Waals surface area contributed by atoms with Crippen molar-refractivity contribution in [2.75, 3.05) is 18.7 Å². The second kappa shape index (κ2) is 6.17. The van der Waals surface area contributed by atoms with E-state index in [1.807, 2.05) is 48.5 Å². The summed E-state index contributed by atoms with van der Waals surface area (Å²) in [6.45, 7) is 0.913. The van der Waals surface area contributed by atoms with Crippen LogP contribution in [0.3, 0.4) is 0 Å². The van der Waals surface area contributed by atoms with Crippen LogP contribution >= 0.6 is 0 Å². The maximum absolute atomic E-state index is 5.85. The van der Waals surface area contributed by atoms with E-state index >= 15 is 0 Å². The number of nitrogens with zero attached hydrogens (tertiary/aromatic N) is 1. The summed E-state index contributed by atoms with van der Waals surface area (Å²) in [5.41, 5.74) is 7.94. The number of nitrogens with two attached hydrogens (primary N) is 1. The van der Waals surface area contributed by atoms with Gasteiger partial charge in [-0.25, -0.2) is 0 Å². The Hall–Kier alpha value is -2.69. The average Bonchev–Trinajstić information content (AvgIpc) is 2.96. The van der Waals surface area contributed by atoms with Crippen molar-refractivity contribution in [1.82, 2.24) is 0 Å². The summed E-state index contributed by atoms with van der Waals surface area (Å²) < 4.78 is 10.6. The van der Waals surface area contributed by atoms with Crippen molar-refractivity contribution in [2.45, 2.75) is 6.42 Å². The van der Waals surface area contributed by atoms with Crippen LogP contribution in [0.15, 0.2) is 53.5 Å². The van der Waals surface area contributed by atoms with Crippen molar-refractivity contribution in [3.05, 3.63) is 54.1 Å². The zero-order valence-electron chi connectivity index (χ0n) is 11.6. The Labute approximate surface area is 123 Å². The van der Waals surface area contributed by atoms with Crippen molar-refractivity contribution in [2.24, 2.45) is 10.7 Å². The number of rotatable bonds is 4. The first-order valence-corrected chi connectivity index (χ1v) is 6.82. The fourth-order valence-electron chi connectivity index (χ4n) is 2.11. The number of para-hydroxylation sites is 1. The molecule has 0 unspecified atom stereocenters. The number of guanidine groups is 1. The van der Waals surface area contributed by atoms with Gasteiger partial charge in [0.2, 0.25) is 6.79 Å². The maximum atomic E-state index is 5.85. The monoisotopic (exact) mass is 283 g/mol. The minimum atomic E-state index is 0.297. The molecule has 0 spiro atoms. The minimum absolute atomic E-state index is 0.297. The molecular formula is C16H17N3O2. The summed E-state index contributed by atoms with van der Waals surface area (Å²) >= 11 is 0. The van der Waals surface area contributed by atoms with Gasteiger partial charge in [0.05, 0.1) is 0 Å². The third kappa shape index (κ3) is 3.45. The molecule has 0 amide bonds. The Bertz CT molecular complexity index is 641. The molecule has 1 heterocycles. The predicted molar refractivity (Wildman–Crippen MR) is 82.8 cm³/mol. The first-order valence-electron chi connectivity index (χ1n) is 6.82. The summed E-state index contributed by atoms with van der Waals surface area (Å²) in [7, 11) is 0. The highest BCUT2D eigenvalue weighted by Gasteiger charge is 2.12. The van der Waals surface area contributed by atoms with Crippen molar-refractivity contribution in [3.63, 3.8) is 0 Å². The summed E-state index contributed by atoms with van der Waals surface area (Å²) in [6.07, 6.45) is 0.799. The van der Waals surface area contributed by atoms with Crippen LogP contribution in [0.4, 0.5) is 5.69 Å². The predicted octanol–water partition coefficient (Wildman–Crippen LogP) is 2.38. The van der Waals surface area contributed by atoms with E-state index in [4.69, 9.17) is 15.2 Å². The third-order valence-electron chi connectivity index (χ3n) is 3.17. The van der Waals surface area contributed by atoms with Gasteiger partial charge in [-0.3, -0.25) is 4.99 Å². The van der Waals surface area contributed by atoms with E-state index in [9.17, 15) is 0 Å². The highest BCUT2D eigenvalue weighted by molar-refractivity contribution is 5.92. The standard InChI is InChI=1S/C16H17N3O2/c17-16(19-13-4-2-1-3-5-13)18-9-8-12-6-7-14-15(10-12)21-11-20-14/h1-7,10H,8-9,11H2,(H3,17,18,19). The molecule has 0 radical (unpaired) electrons. The lowest BCUT2D eigenvalue weighted by Gasteiger charge is -2.05. The average molecular weight is 283 g/mol. The molecule has 2 aromatic rings. The van der Waals surface area contributed by atoms with Gasteiger partial charge in [-0.2, -0.15) is 0 Å². The van der Waals surface area contributed by atoms with Gasteiger partial charge in [-0.1, -0.05) is 24.3 Å². The Morgan fingerprint density at radius 1 is 1.10 bits per heavy atom. The Balaban J connectivity index is 1.54. The lowest BCUT2D eigenvalue weighted by atomic mass is 10.1. The summed E-state index contributed by atoms with van der Waals surface area (Å²) in [5, 5.41) is 3.05. The summed E-state index contributed by atoms with van der Waals surface area (Å²) in [5.74, 6) is 2.02. The minimum Gasteiger partial charge on any atom is -0.454 e. The molecule has 0 aliphatic carbocycles. The van der Waals surface area contributed by atoms with Crippen LogP contribution in [0.25, 0.3) is 0 Å². The number of fused-ring (bicyclic) bond motifs is 1. The van der Waals surface area contributed by atoms with Gasteiger partial charge in [0.15, 0.2) is 17.5 Å². The number of benzene rings is 2. The van der Waals surface area contributed by atoms with Crippen LogP contribution < -0.4 is 20.5 Å². The van der Waals surface area contributed by atoms with Gasteiger partial charge in [0.1, 0.15) is 0 Å². The Kier molecular flexibility index (Phi) is 3.91. The van der Waals surface area contributed by atoms with Crippen molar-refractivity contribution in [1.29, 1.82) is 0 Å². The topological polar surface area (TPSA) is 68.9 Å². The lowest BCUT2D eigenvalue weighted by molar-refractivity contribution is 0.174. The molecule has 0 atom stereocenters. The maximum Gasteiger partial charge on any atom is 0.231 e. The fraction of sp³-hybridized carbons (Fsp3) is 0.188. The van der Waals surface area contributed by atoms with E-state index < -0.39 is 0 Å². The molecule has 0 saturated carbocycles. The number of anilines is 1. The molecule has 108 valence electrons. The number of ether oxygens (including phenoxy) is 2. The van der Waals surface area contributed by atoms with Gasteiger partial charge in [0.25, 0.3) is 0 Å². The van der Waals surface area contributed by atoms with Crippen molar-refractivity contribution >= 4 is 11.6 Å². The van der Waals surface area contributed by atoms with Crippen LogP contribution in [0.5, 0.6) is 11.5 Å². The van der Waals surface area contributed by atoms with E-state index in [1.54, 1.807) is 0 Å². The second-order valence-electron chi connectivity index (χ2n) is 4.70. The molecule has 3 rings (SSSR count). The molecule has 0 fully saturated rings. The molecule has 0 bridgehead atoms. The SMILES string of the molecule is NC(=NCCc1ccc2c(c1)OCO2)Nc1ccccc1. The smallest absolute Gasteiger partial charge is 0.231 e. The number of nitrogens with one attached hydrogen (secondary N) is 1. The van der Waals surface area contributed by atoms with Gasteiger partial charge in [-0.15, -0.1) is 0 Å². The first kappa shape index (κ1) is 13.3. The highest BCUT2D eigenvalue weighted by Crippen LogP contribution is 2.32. The van der Waals surface area contributed by atoms with E-state index in [2.05, 4.69) is 10.3 Å². The van der Waals surface area contributed by atoms with Gasteiger partial charge in [0, 0.05) is 12.2 Å².